The summed E-state index contributed by atoms with van der Waals surface area (Å²) < 4.78 is 6.64. The monoisotopic (exact) mass is 381 g/mol. The van der Waals surface area contributed by atoms with E-state index in [2.05, 4.69) is 5.32 Å². The van der Waals surface area contributed by atoms with Crippen molar-refractivity contribution in [1.29, 1.82) is 0 Å². The fourth-order valence-electron chi connectivity index (χ4n) is 2.39. The first-order chi connectivity index (χ1) is 12.6. The molecular formula is C19H31N3O5. The lowest BCUT2D eigenvalue weighted by Gasteiger charge is -2.19. The number of aromatic nitrogens is 1. The van der Waals surface area contributed by atoms with Gasteiger partial charge >= 0.3 is 6.09 Å². The van der Waals surface area contributed by atoms with Crippen LogP contribution in [0.5, 0.6) is 0 Å². The van der Waals surface area contributed by atoms with Crippen molar-refractivity contribution in [2.75, 3.05) is 13.1 Å². The number of carbonyl (C=O) groups is 2. The number of pyridine rings is 1. The average Bonchev–Trinajstić information content (AvgIpc) is 2.59. The Balaban J connectivity index is 2.33. The van der Waals surface area contributed by atoms with Gasteiger partial charge in [-0.25, -0.2) is 9.86 Å². The van der Waals surface area contributed by atoms with Crippen LogP contribution in [0.2, 0.25) is 0 Å². The molecule has 0 fully saturated rings. The second-order valence-electron chi connectivity index (χ2n) is 7.31. The summed E-state index contributed by atoms with van der Waals surface area (Å²) >= 11 is 0. The first-order valence-electron chi connectivity index (χ1n) is 9.32. The molecule has 27 heavy (non-hydrogen) atoms. The van der Waals surface area contributed by atoms with Gasteiger partial charge in [-0.15, -0.1) is 0 Å². The zero-order valence-electron chi connectivity index (χ0n) is 16.7. The van der Waals surface area contributed by atoms with Gasteiger partial charge in [-0.1, -0.05) is 12.8 Å². The van der Waals surface area contributed by atoms with E-state index in [1.165, 1.54) is 22.9 Å². The summed E-state index contributed by atoms with van der Waals surface area (Å²) in [5, 5.41) is 12.8. The molecule has 0 aromatic carbocycles. The Labute approximate surface area is 160 Å². The molecule has 152 valence electrons. The molecule has 0 saturated heterocycles. The van der Waals surface area contributed by atoms with Gasteiger partial charge in [0.1, 0.15) is 5.60 Å². The highest BCUT2D eigenvalue weighted by atomic mass is 16.6. The third-order valence-electron chi connectivity index (χ3n) is 3.76. The number of hydrogen-bond acceptors (Lipinski definition) is 5. The summed E-state index contributed by atoms with van der Waals surface area (Å²) in [5.41, 5.74) is -0.406. The van der Waals surface area contributed by atoms with Crippen LogP contribution < -0.4 is 10.9 Å². The van der Waals surface area contributed by atoms with E-state index in [9.17, 15) is 19.6 Å². The lowest BCUT2D eigenvalue weighted by Crippen LogP contribution is -2.33. The van der Waals surface area contributed by atoms with Gasteiger partial charge in [-0.3, -0.25) is 14.8 Å². The van der Waals surface area contributed by atoms with Crippen molar-refractivity contribution < 1.29 is 19.5 Å². The zero-order valence-corrected chi connectivity index (χ0v) is 16.7. The highest BCUT2D eigenvalue weighted by Gasteiger charge is 2.15. The van der Waals surface area contributed by atoms with E-state index in [1.807, 2.05) is 20.8 Å². The summed E-state index contributed by atoms with van der Waals surface area (Å²) in [6.45, 7) is 8.33. The van der Waals surface area contributed by atoms with Crippen molar-refractivity contribution in [1.82, 2.24) is 14.9 Å². The van der Waals surface area contributed by atoms with E-state index in [1.54, 1.807) is 6.92 Å². The Hall–Kier alpha value is -2.35. The summed E-state index contributed by atoms with van der Waals surface area (Å²) in [6, 6.07) is 2.75. The molecule has 2 amide bonds. The molecule has 0 aliphatic carbocycles. The van der Waals surface area contributed by atoms with Gasteiger partial charge in [0.15, 0.2) is 0 Å². The molecule has 0 saturated carbocycles. The molecule has 0 radical (unpaired) electrons. The number of amides is 2. The minimum absolute atomic E-state index is 0.176. The lowest BCUT2D eigenvalue weighted by atomic mass is 10.2. The number of ether oxygens (including phenoxy) is 1. The van der Waals surface area contributed by atoms with Crippen LogP contribution in [0.4, 0.5) is 4.79 Å². The summed E-state index contributed by atoms with van der Waals surface area (Å²) in [6.07, 6.45) is 4.46. The van der Waals surface area contributed by atoms with E-state index in [0.29, 0.717) is 18.2 Å². The number of aryl methyl sites for hydroxylation is 1. The molecular weight excluding hydrogens is 350 g/mol. The van der Waals surface area contributed by atoms with Gasteiger partial charge in [0.2, 0.25) is 0 Å². The van der Waals surface area contributed by atoms with E-state index in [0.717, 1.165) is 25.7 Å². The number of alkyl carbamates (subject to hydrolysis) is 1. The van der Waals surface area contributed by atoms with Gasteiger partial charge in [-0.2, -0.15) is 0 Å². The van der Waals surface area contributed by atoms with Crippen LogP contribution in [0.1, 0.15) is 63.7 Å². The van der Waals surface area contributed by atoms with Crippen molar-refractivity contribution in [2.45, 2.75) is 65.5 Å². The van der Waals surface area contributed by atoms with Crippen LogP contribution in [0, 0.1) is 0 Å². The normalized spacial score (nSPS) is 11.1. The zero-order chi connectivity index (χ0) is 20.4. The molecule has 0 atom stereocenters. The minimum Gasteiger partial charge on any atom is -0.444 e. The SMILES string of the molecule is CCN(O)C(=O)c1ccc(=O)n(CCCCCCNC(=O)OC(C)(C)C)c1. The van der Waals surface area contributed by atoms with E-state index in [-0.39, 0.29) is 17.7 Å². The number of unbranched alkanes of at least 4 members (excludes halogenated alkanes) is 3. The summed E-state index contributed by atoms with van der Waals surface area (Å²) in [5.74, 6) is -0.528. The van der Waals surface area contributed by atoms with Crippen molar-refractivity contribution in [3.63, 3.8) is 0 Å². The Kier molecular flexibility index (Phi) is 9.00. The van der Waals surface area contributed by atoms with Crippen molar-refractivity contribution in [3.8, 4) is 0 Å². The second kappa shape index (κ2) is 10.7. The highest BCUT2D eigenvalue weighted by Crippen LogP contribution is 2.07. The average molecular weight is 381 g/mol. The highest BCUT2D eigenvalue weighted by molar-refractivity contribution is 5.93. The second-order valence-corrected chi connectivity index (χ2v) is 7.31. The van der Waals surface area contributed by atoms with E-state index in [4.69, 9.17) is 4.74 Å². The molecule has 1 rings (SSSR count). The third kappa shape index (κ3) is 8.72. The van der Waals surface area contributed by atoms with Crippen LogP contribution in [0.3, 0.4) is 0 Å². The molecule has 1 aromatic rings. The van der Waals surface area contributed by atoms with Gasteiger partial charge in [-0.05, 0) is 46.6 Å². The van der Waals surface area contributed by atoms with Crippen LogP contribution in [0.25, 0.3) is 0 Å². The van der Waals surface area contributed by atoms with Crippen molar-refractivity contribution in [2.24, 2.45) is 0 Å². The maximum absolute atomic E-state index is 11.9. The topological polar surface area (TPSA) is 101 Å². The Bertz CT molecular complexity index is 679. The third-order valence-corrected chi connectivity index (χ3v) is 3.76. The molecule has 1 aromatic heterocycles. The van der Waals surface area contributed by atoms with Crippen molar-refractivity contribution in [3.05, 3.63) is 34.2 Å². The number of hydrogen-bond donors (Lipinski definition) is 2. The van der Waals surface area contributed by atoms with Crippen LogP contribution in [0.15, 0.2) is 23.1 Å². The number of hydroxylamine groups is 2. The molecule has 0 aliphatic rings. The molecule has 1 heterocycles. The summed E-state index contributed by atoms with van der Waals surface area (Å²) in [7, 11) is 0. The predicted octanol–water partition coefficient (Wildman–Crippen LogP) is 2.78. The van der Waals surface area contributed by atoms with Gasteiger partial charge in [0.25, 0.3) is 11.5 Å². The first-order valence-corrected chi connectivity index (χ1v) is 9.32. The smallest absolute Gasteiger partial charge is 0.407 e. The largest absolute Gasteiger partial charge is 0.444 e. The van der Waals surface area contributed by atoms with Crippen LogP contribution >= 0.6 is 0 Å². The molecule has 8 nitrogen and oxygen atoms in total. The molecule has 2 N–H and O–H groups in total. The van der Waals surface area contributed by atoms with E-state index >= 15 is 0 Å². The number of nitrogens with one attached hydrogen (secondary N) is 1. The number of carbonyl (C=O) groups excluding carboxylic acids is 2. The van der Waals surface area contributed by atoms with Gasteiger partial charge in [0.05, 0.1) is 5.56 Å². The standard InChI is InChI=1S/C19H31N3O5/c1-5-22(26)17(24)15-10-11-16(23)21(14-15)13-9-7-6-8-12-20-18(25)27-19(2,3)4/h10-11,14,26H,5-9,12-13H2,1-4H3,(H,20,25). The fraction of sp³-hybridized carbons (Fsp3) is 0.632. The maximum Gasteiger partial charge on any atom is 0.407 e. The summed E-state index contributed by atoms with van der Waals surface area (Å²) in [4.78, 5) is 35.4. The Morgan fingerprint density at radius 3 is 2.48 bits per heavy atom. The number of nitrogens with zero attached hydrogens (tertiary/aromatic N) is 2. The Morgan fingerprint density at radius 1 is 1.19 bits per heavy atom. The molecule has 8 heteroatoms. The number of rotatable bonds is 9. The lowest BCUT2D eigenvalue weighted by molar-refractivity contribution is -0.0542. The predicted molar refractivity (Wildman–Crippen MR) is 102 cm³/mol. The molecule has 0 bridgehead atoms. The van der Waals surface area contributed by atoms with Crippen molar-refractivity contribution >= 4 is 12.0 Å². The maximum atomic E-state index is 11.9. The Morgan fingerprint density at radius 2 is 1.85 bits per heavy atom. The fourth-order valence-corrected chi connectivity index (χ4v) is 2.39. The van der Waals surface area contributed by atoms with E-state index < -0.39 is 17.6 Å². The van der Waals surface area contributed by atoms with Gasteiger partial charge < -0.3 is 14.6 Å². The molecule has 0 spiro atoms. The minimum atomic E-state index is -0.528. The molecule has 0 unspecified atom stereocenters. The van der Waals surface area contributed by atoms with Gasteiger partial charge in [0, 0.05) is 31.9 Å². The van der Waals surface area contributed by atoms with Crippen LogP contribution in [-0.2, 0) is 11.3 Å². The first kappa shape index (κ1) is 22.7. The van der Waals surface area contributed by atoms with Crippen LogP contribution in [-0.4, -0.2) is 45.5 Å². The quantitative estimate of drug-likeness (QED) is 0.389. The molecule has 0 aliphatic heterocycles.